The van der Waals surface area contributed by atoms with Crippen LogP contribution in [0.2, 0.25) is 0 Å². The number of phenolic OH excluding ortho intramolecular Hbond substituents is 1. The molecule has 0 saturated heterocycles. The summed E-state index contributed by atoms with van der Waals surface area (Å²) in [6.45, 7) is 4.33. The maximum atomic E-state index is 11.9. The molecule has 0 bridgehead atoms. The van der Waals surface area contributed by atoms with Crippen LogP contribution in [-0.4, -0.2) is 33.3 Å². The highest BCUT2D eigenvalue weighted by atomic mass is 32.2. The van der Waals surface area contributed by atoms with Gasteiger partial charge in [0.2, 0.25) is 0 Å². The molecule has 2 atom stereocenters. The van der Waals surface area contributed by atoms with Gasteiger partial charge in [-0.05, 0) is 30.5 Å². The van der Waals surface area contributed by atoms with Crippen LogP contribution in [0.4, 0.5) is 0 Å². The van der Waals surface area contributed by atoms with Gasteiger partial charge in [0.05, 0.1) is 5.56 Å². The molecule has 19 heavy (non-hydrogen) atoms. The number of hydrogen-bond acceptors (Lipinski definition) is 3. The molecule has 106 valence electrons. The monoisotopic (exact) mass is 283 g/mol. The average molecular weight is 283 g/mol. The maximum Gasteiger partial charge on any atom is 0.255 e. The number of rotatable bonds is 6. The zero-order valence-corrected chi connectivity index (χ0v) is 12.4. The smallest absolute Gasteiger partial charge is 0.255 e. The highest BCUT2D eigenvalue weighted by Crippen LogP contribution is 2.18. The number of phenols is 1. The van der Waals surface area contributed by atoms with Crippen molar-refractivity contribution in [2.75, 3.05) is 12.8 Å². The third-order valence-electron chi connectivity index (χ3n) is 3.12. The molecule has 0 radical (unpaired) electrons. The van der Waals surface area contributed by atoms with Gasteiger partial charge in [0.1, 0.15) is 5.75 Å². The molecule has 2 N–H and O–H groups in total. The summed E-state index contributed by atoms with van der Waals surface area (Å²) in [6.07, 6.45) is 3.12. The lowest BCUT2D eigenvalue weighted by atomic mass is 10.1. The summed E-state index contributed by atoms with van der Waals surface area (Å²) in [6, 6.07) is 5.04. The number of hydrogen-bond donors (Lipinski definition) is 2. The molecule has 0 unspecified atom stereocenters. The van der Waals surface area contributed by atoms with E-state index in [1.807, 2.05) is 13.8 Å². The van der Waals surface area contributed by atoms with Gasteiger partial charge < -0.3 is 10.4 Å². The molecule has 0 aromatic heterocycles. The van der Waals surface area contributed by atoms with Gasteiger partial charge in [-0.2, -0.15) is 0 Å². The van der Waals surface area contributed by atoms with E-state index in [0.717, 1.165) is 12.0 Å². The Morgan fingerprint density at radius 1 is 1.47 bits per heavy atom. The standard InChI is InChI=1S/C14H21NO3S/c1-4-11-5-6-13(16)12(9-11)14(17)15-8-7-10(2)19(3)18/h5-6,9-10,16H,4,7-8H2,1-3H3,(H,15,17)/t10-,19-/m1/s1. The Balaban J connectivity index is 2.61. The number of aryl methyl sites for hydroxylation is 1. The van der Waals surface area contributed by atoms with E-state index < -0.39 is 10.8 Å². The van der Waals surface area contributed by atoms with Crippen LogP contribution in [0.3, 0.4) is 0 Å². The van der Waals surface area contributed by atoms with Crippen molar-refractivity contribution in [1.82, 2.24) is 5.32 Å². The lowest BCUT2D eigenvalue weighted by Crippen LogP contribution is -2.27. The van der Waals surface area contributed by atoms with Crippen LogP contribution < -0.4 is 5.32 Å². The first-order valence-corrected chi connectivity index (χ1v) is 8.00. The van der Waals surface area contributed by atoms with E-state index in [1.54, 1.807) is 18.4 Å². The normalized spacial score (nSPS) is 13.8. The Hall–Kier alpha value is -1.36. The number of amides is 1. The van der Waals surface area contributed by atoms with Crippen molar-refractivity contribution in [3.63, 3.8) is 0 Å². The van der Waals surface area contributed by atoms with Crippen LogP contribution in [0, 0.1) is 0 Å². The topological polar surface area (TPSA) is 66.4 Å². The molecule has 1 rings (SSSR count). The van der Waals surface area contributed by atoms with Gasteiger partial charge in [-0.25, -0.2) is 0 Å². The number of carbonyl (C=O) groups is 1. The Morgan fingerprint density at radius 2 is 2.16 bits per heavy atom. The fourth-order valence-electron chi connectivity index (χ4n) is 1.64. The average Bonchev–Trinajstić information content (AvgIpc) is 2.38. The summed E-state index contributed by atoms with van der Waals surface area (Å²) in [5, 5.41) is 12.5. The number of nitrogens with one attached hydrogen (secondary N) is 1. The predicted octanol–water partition coefficient (Wildman–Crippen LogP) is 1.84. The fourth-order valence-corrected chi connectivity index (χ4v) is 2.08. The second kappa shape index (κ2) is 7.28. The highest BCUT2D eigenvalue weighted by molar-refractivity contribution is 7.84. The van der Waals surface area contributed by atoms with Crippen molar-refractivity contribution >= 4 is 16.7 Å². The van der Waals surface area contributed by atoms with Crippen molar-refractivity contribution in [2.24, 2.45) is 0 Å². The van der Waals surface area contributed by atoms with Crippen molar-refractivity contribution in [2.45, 2.75) is 31.9 Å². The second-order valence-corrected chi connectivity index (χ2v) is 6.36. The van der Waals surface area contributed by atoms with Crippen molar-refractivity contribution in [3.8, 4) is 5.75 Å². The van der Waals surface area contributed by atoms with Gasteiger partial charge in [-0.15, -0.1) is 0 Å². The molecule has 0 aliphatic heterocycles. The second-order valence-electron chi connectivity index (χ2n) is 4.56. The summed E-state index contributed by atoms with van der Waals surface area (Å²) >= 11 is 0. The van der Waals surface area contributed by atoms with E-state index in [0.29, 0.717) is 18.5 Å². The minimum atomic E-state index is -0.880. The molecular weight excluding hydrogens is 262 g/mol. The lowest BCUT2D eigenvalue weighted by Gasteiger charge is -2.10. The Bertz CT molecular complexity index is 474. The van der Waals surface area contributed by atoms with Crippen LogP contribution >= 0.6 is 0 Å². The summed E-state index contributed by atoms with van der Waals surface area (Å²) in [4.78, 5) is 11.9. The lowest BCUT2D eigenvalue weighted by molar-refractivity contribution is 0.0950. The van der Waals surface area contributed by atoms with E-state index in [4.69, 9.17) is 0 Å². The number of aromatic hydroxyl groups is 1. The Morgan fingerprint density at radius 3 is 2.74 bits per heavy atom. The van der Waals surface area contributed by atoms with Crippen molar-refractivity contribution < 1.29 is 14.1 Å². The fraction of sp³-hybridized carbons (Fsp3) is 0.500. The maximum absolute atomic E-state index is 11.9. The van der Waals surface area contributed by atoms with E-state index in [9.17, 15) is 14.1 Å². The molecule has 1 aromatic carbocycles. The van der Waals surface area contributed by atoms with Gasteiger partial charge in [-0.1, -0.05) is 19.9 Å². The van der Waals surface area contributed by atoms with Crippen LogP contribution in [0.25, 0.3) is 0 Å². The van der Waals surface area contributed by atoms with Crippen LogP contribution in [0.15, 0.2) is 18.2 Å². The first kappa shape index (κ1) is 15.7. The van der Waals surface area contributed by atoms with Gasteiger partial charge in [0, 0.05) is 28.9 Å². The SMILES string of the molecule is CCc1ccc(O)c(C(=O)NCC[C@@H](C)[S@@](C)=O)c1. The quantitative estimate of drug-likeness (QED) is 0.837. The van der Waals surface area contributed by atoms with Crippen LogP contribution in [-0.2, 0) is 17.2 Å². The first-order chi connectivity index (χ1) is 8.95. The van der Waals surface area contributed by atoms with E-state index in [2.05, 4.69) is 5.32 Å². The summed E-state index contributed by atoms with van der Waals surface area (Å²) < 4.78 is 11.2. The summed E-state index contributed by atoms with van der Waals surface area (Å²) in [5.41, 5.74) is 1.30. The molecule has 0 fully saturated rings. The molecule has 0 aliphatic carbocycles. The van der Waals surface area contributed by atoms with Crippen molar-refractivity contribution in [3.05, 3.63) is 29.3 Å². The molecule has 1 aromatic rings. The van der Waals surface area contributed by atoms with Crippen molar-refractivity contribution in [1.29, 1.82) is 0 Å². The third-order valence-corrected chi connectivity index (χ3v) is 4.49. The predicted molar refractivity (Wildman–Crippen MR) is 78.0 cm³/mol. The molecular formula is C14H21NO3S. The number of benzene rings is 1. The molecule has 0 saturated carbocycles. The minimum absolute atomic E-state index is 0.0122. The van der Waals surface area contributed by atoms with Gasteiger partial charge in [0.25, 0.3) is 5.91 Å². The van der Waals surface area contributed by atoms with Gasteiger partial charge in [0.15, 0.2) is 0 Å². The number of carbonyl (C=O) groups excluding carboxylic acids is 1. The molecule has 1 amide bonds. The third kappa shape index (κ3) is 4.67. The summed E-state index contributed by atoms with van der Waals surface area (Å²) in [5.74, 6) is -0.302. The molecule has 0 heterocycles. The molecule has 4 nitrogen and oxygen atoms in total. The molecule has 0 spiro atoms. The highest BCUT2D eigenvalue weighted by Gasteiger charge is 2.12. The van der Waals surface area contributed by atoms with E-state index in [-0.39, 0.29) is 16.9 Å². The first-order valence-electron chi connectivity index (χ1n) is 6.38. The Kier molecular flexibility index (Phi) is 6.02. The minimum Gasteiger partial charge on any atom is -0.507 e. The van der Waals surface area contributed by atoms with E-state index >= 15 is 0 Å². The zero-order valence-electron chi connectivity index (χ0n) is 11.6. The van der Waals surface area contributed by atoms with Crippen LogP contribution in [0.5, 0.6) is 5.75 Å². The zero-order chi connectivity index (χ0) is 14.4. The molecule has 0 aliphatic rings. The van der Waals surface area contributed by atoms with Crippen LogP contribution in [0.1, 0.15) is 36.2 Å². The summed E-state index contributed by atoms with van der Waals surface area (Å²) in [7, 11) is -0.880. The Labute approximate surface area is 116 Å². The van der Waals surface area contributed by atoms with E-state index in [1.165, 1.54) is 6.07 Å². The molecule has 5 heteroatoms. The largest absolute Gasteiger partial charge is 0.507 e. The van der Waals surface area contributed by atoms with Gasteiger partial charge in [-0.3, -0.25) is 9.00 Å². The van der Waals surface area contributed by atoms with Gasteiger partial charge >= 0.3 is 0 Å².